The fourth-order valence-corrected chi connectivity index (χ4v) is 0. The van der Waals surface area contributed by atoms with Crippen molar-refractivity contribution in [2.24, 2.45) is 0 Å². The molecule has 0 aliphatic rings. The molecule has 0 spiro atoms. The first-order valence-corrected chi connectivity index (χ1v) is 3.83. The van der Waals surface area contributed by atoms with Crippen LogP contribution in [0.5, 0.6) is 0 Å². The summed E-state index contributed by atoms with van der Waals surface area (Å²) < 4.78 is 0. The van der Waals surface area contributed by atoms with Crippen LogP contribution in [-0.4, -0.2) is 35.6 Å². The van der Waals surface area contributed by atoms with Gasteiger partial charge in [0.1, 0.15) is 0 Å². The zero-order chi connectivity index (χ0) is 25.0. The Morgan fingerprint density at radius 2 is 0.267 bits per heavy atom. The Morgan fingerprint density at radius 3 is 0.267 bits per heavy atom. The summed E-state index contributed by atoms with van der Waals surface area (Å²) in [6, 6.07) is 0. The van der Waals surface area contributed by atoms with Gasteiger partial charge in [0, 0.05) is 0 Å². The summed E-state index contributed by atoms with van der Waals surface area (Å²) in [5.74, 6) is 0. The third-order valence-corrected chi connectivity index (χ3v) is 0. The Balaban J connectivity index is -0.0000000242. The summed E-state index contributed by atoms with van der Waals surface area (Å²) in [5, 5.41) is 103. The summed E-state index contributed by atoms with van der Waals surface area (Å²) in [6.07, 6.45) is 0. The molecule has 0 rings (SSSR count). The van der Waals surface area contributed by atoms with Crippen molar-refractivity contribution in [1.82, 2.24) is 0 Å². The zero-order valence-electron chi connectivity index (χ0n) is 12.8. The summed E-state index contributed by atoms with van der Waals surface area (Å²) >= 11 is 0. The number of hydrogen-bond acceptors (Lipinski definition) is 21. The van der Waals surface area contributed by atoms with Crippen molar-refractivity contribution in [2.75, 3.05) is 0 Å². The standard InChI is InChI=1S/La.7NO3.Zr/c;7*2-1(3)4;/q+3;7*-1;+4. The normalized spacial score (nSPS) is 5.60. The third kappa shape index (κ3) is 1090. The van der Waals surface area contributed by atoms with Crippen LogP contribution >= 0.6 is 0 Å². The second-order valence-corrected chi connectivity index (χ2v) is 1.57. The molecular formula is LaN7O21Zr. The van der Waals surface area contributed by atoms with Crippen LogP contribution in [0.1, 0.15) is 0 Å². The Morgan fingerprint density at radius 1 is 0.267 bits per heavy atom. The van der Waals surface area contributed by atoms with Gasteiger partial charge in [-0.25, -0.2) is 0 Å². The molecule has 0 unspecified atom stereocenters. The third-order valence-electron chi connectivity index (χ3n) is 0. The van der Waals surface area contributed by atoms with Crippen molar-refractivity contribution in [3.05, 3.63) is 107 Å². The van der Waals surface area contributed by atoms with Gasteiger partial charge >= 0.3 is 61.8 Å². The molecule has 0 aromatic carbocycles. The molecule has 30 heteroatoms. The van der Waals surface area contributed by atoms with Crippen molar-refractivity contribution < 1.29 is 97.4 Å². The smallest absolute Gasteiger partial charge is 0.356 e. The summed E-state index contributed by atoms with van der Waals surface area (Å²) in [4.78, 5) is 57.8. The maximum absolute atomic E-state index is 8.25. The van der Waals surface area contributed by atoms with Gasteiger partial charge in [-0.3, -0.25) is 0 Å². The van der Waals surface area contributed by atoms with Crippen LogP contribution in [0.4, 0.5) is 0 Å². The topological polar surface area (TPSA) is 463 Å². The van der Waals surface area contributed by atoms with Crippen LogP contribution in [0.25, 0.3) is 0 Å². The minimum atomic E-state index is -1.75. The molecule has 28 nitrogen and oxygen atoms in total. The van der Waals surface area contributed by atoms with Gasteiger partial charge in [0.2, 0.25) is 0 Å². The van der Waals surface area contributed by atoms with Crippen molar-refractivity contribution in [3.63, 3.8) is 0 Å². The minimum absolute atomic E-state index is 0. The molecule has 0 saturated carbocycles. The quantitative estimate of drug-likeness (QED) is 0.206. The SMILES string of the molecule is O=[N+]([O-])[O-].O=[N+]([O-])[O-].O=[N+]([O-])[O-].O=[N+]([O-])[O-].O=[N+]([O-])[O-].O=[N+]([O-])[O-].O=[N+]([O-])[O-].[La+3].[Zr+4]. The van der Waals surface area contributed by atoms with Crippen molar-refractivity contribution in [3.8, 4) is 0 Å². The van der Waals surface area contributed by atoms with E-state index in [1.165, 1.54) is 0 Å². The van der Waals surface area contributed by atoms with Crippen LogP contribution in [0.3, 0.4) is 0 Å². The van der Waals surface area contributed by atoms with E-state index >= 15 is 0 Å². The van der Waals surface area contributed by atoms with E-state index < -0.39 is 35.6 Å². The monoisotopic (exact) mass is 663 g/mol. The average molecular weight is 664 g/mol. The molecule has 0 atom stereocenters. The zero-order valence-corrected chi connectivity index (χ0v) is 18.9. The molecule has 0 aromatic heterocycles. The van der Waals surface area contributed by atoms with Crippen LogP contribution in [0, 0.1) is 143 Å². The maximum Gasteiger partial charge on any atom is 4.00 e. The van der Waals surface area contributed by atoms with E-state index in [1.54, 1.807) is 0 Å². The molecule has 0 radical (unpaired) electrons. The second-order valence-electron chi connectivity index (χ2n) is 1.57. The van der Waals surface area contributed by atoms with E-state index in [9.17, 15) is 0 Å². The molecular weight excluding hydrogens is 664 g/mol. The van der Waals surface area contributed by atoms with Crippen LogP contribution in [-0.2, 0) is 26.2 Å². The van der Waals surface area contributed by atoms with Gasteiger partial charge < -0.3 is 107 Å². The van der Waals surface area contributed by atoms with Gasteiger partial charge in [0.05, 0.1) is 35.6 Å². The summed E-state index contributed by atoms with van der Waals surface area (Å²) in [6.45, 7) is 0. The summed E-state index contributed by atoms with van der Waals surface area (Å²) in [5.41, 5.74) is 0. The number of rotatable bonds is 0. The van der Waals surface area contributed by atoms with Crippen LogP contribution < -0.4 is 0 Å². The first-order valence-electron chi connectivity index (χ1n) is 3.83. The van der Waals surface area contributed by atoms with Crippen LogP contribution in [0.15, 0.2) is 0 Å². The molecule has 0 saturated heterocycles. The number of hydrogen-bond donors (Lipinski definition) is 0. The van der Waals surface area contributed by atoms with E-state index in [0.29, 0.717) is 0 Å². The molecule has 0 aliphatic carbocycles. The maximum atomic E-state index is 8.25. The first-order chi connectivity index (χ1) is 12.1. The Bertz CT molecular complexity index is 314. The average Bonchev–Trinajstić information content (AvgIpc) is 2.20. The predicted octanol–water partition coefficient (Wildman–Crippen LogP) is -1.68. The van der Waals surface area contributed by atoms with Crippen molar-refractivity contribution in [2.45, 2.75) is 0 Å². The van der Waals surface area contributed by atoms with Gasteiger partial charge in [-0.2, -0.15) is 0 Å². The summed E-state index contributed by atoms with van der Waals surface area (Å²) in [7, 11) is 0. The fraction of sp³-hybridized carbons (Fsp3) is 0. The molecule has 0 aromatic rings. The molecule has 0 N–H and O–H groups in total. The molecule has 0 heterocycles. The first kappa shape index (κ1) is 56.3. The van der Waals surface area contributed by atoms with E-state index in [0.717, 1.165) is 0 Å². The van der Waals surface area contributed by atoms with Crippen molar-refractivity contribution >= 4 is 0 Å². The largest absolute Gasteiger partial charge is 4.00 e. The van der Waals surface area contributed by atoms with Gasteiger partial charge in [-0.15, -0.1) is 0 Å². The van der Waals surface area contributed by atoms with Gasteiger partial charge in [0.15, 0.2) is 0 Å². The molecule has 30 heavy (non-hydrogen) atoms. The van der Waals surface area contributed by atoms with E-state index in [-0.39, 0.29) is 61.8 Å². The second kappa shape index (κ2) is 50.0. The van der Waals surface area contributed by atoms with Gasteiger partial charge in [0.25, 0.3) is 0 Å². The van der Waals surface area contributed by atoms with Gasteiger partial charge in [-0.05, 0) is 0 Å². The molecule has 168 valence electrons. The van der Waals surface area contributed by atoms with E-state index in [4.69, 9.17) is 107 Å². The molecule has 0 aliphatic heterocycles. The Kier molecular flexibility index (Phi) is 93.7. The molecule has 0 amide bonds. The van der Waals surface area contributed by atoms with E-state index in [2.05, 4.69) is 0 Å². The predicted molar refractivity (Wildman–Crippen MR) is 72.5 cm³/mol. The minimum Gasteiger partial charge on any atom is -0.356 e. The Hall–Kier alpha value is -3.52. The number of nitrogens with zero attached hydrogens (tertiary/aromatic N) is 7. The van der Waals surface area contributed by atoms with E-state index in [1.807, 2.05) is 0 Å². The van der Waals surface area contributed by atoms with Crippen molar-refractivity contribution in [1.29, 1.82) is 0 Å². The fourth-order valence-electron chi connectivity index (χ4n) is 0. The van der Waals surface area contributed by atoms with Crippen LogP contribution in [0.2, 0.25) is 0 Å². The molecule has 0 fully saturated rings. The Labute approximate surface area is 204 Å². The molecule has 0 bridgehead atoms. The van der Waals surface area contributed by atoms with Gasteiger partial charge in [-0.1, -0.05) is 0 Å².